The Kier molecular flexibility index (Phi) is 2.53. The standard InChI is InChI=1S/C15H11N3O3/c16-9-5-8-21-15-12(9)13(10-3-1-6-19-10)14(17-18-15)11-4-2-7-20-11/h1-7H,8,16H2. The first kappa shape index (κ1) is 11.8. The van der Waals surface area contributed by atoms with Gasteiger partial charge < -0.3 is 19.3 Å². The van der Waals surface area contributed by atoms with Crippen LogP contribution in [0.3, 0.4) is 0 Å². The van der Waals surface area contributed by atoms with Crippen molar-refractivity contribution in [3.05, 3.63) is 48.4 Å². The van der Waals surface area contributed by atoms with Crippen LogP contribution in [0.2, 0.25) is 0 Å². The zero-order chi connectivity index (χ0) is 14.2. The molecule has 6 nitrogen and oxygen atoms in total. The summed E-state index contributed by atoms with van der Waals surface area (Å²) in [7, 11) is 0. The Morgan fingerprint density at radius 1 is 0.952 bits per heavy atom. The summed E-state index contributed by atoms with van der Waals surface area (Å²) >= 11 is 0. The Balaban J connectivity index is 2.06. The van der Waals surface area contributed by atoms with Gasteiger partial charge in [0.2, 0.25) is 5.88 Å². The van der Waals surface area contributed by atoms with Crippen molar-refractivity contribution in [2.75, 3.05) is 6.61 Å². The number of fused-ring (bicyclic) bond motifs is 1. The number of rotatable bonds is 2. The quantitative estimate of drug-likeness (QED) is 0.777. The average Bonchev–Trinajstić information content (AvgIpc) is 3.20. The number of nitrogens with zero attached hydrogens (tertiary/aromatic N) is 2. The molecule has 2 N–H and O–H groups in total. The first-order valence-corrected chi connectivity index (χ1v) is 6.42. The third-order valence-corrected chi connectivity index (χ3v) is 3.28. The van der Waals surface area contributed by atoms with Gasteiger partial charge in [0.1, 0.15) is 18.1 Å². The summed E-state index contributed by atoms with van der Waals surface area (Å²) in [4.78, 5) is 0. The molecule has 6 heteroatoms. The van der Waals surface area contributed by atoms with Gasteiger partial charge >= 0.3 is 0 Å². The van der Waals surface area contributed by atoms with Crippen molar-refractivity contribution in [1.29, 1.82) is 0 Å². The van der Waals surface area contributed by atoms with E-state index in [1.54, 1.807) is 30.7 Å². The molecule has 4 heterocycles. The third-order valence-electron chi connectivity index (χ3n) is 3.28. The zero-order valence-corrected chi connectivity index (χ0v) is 10.9. The van der Waals surface area contributed by atoms with E-state index >= 15 is 0 Å². The second-order valence-corrected chi connectivity index (χ2v) is 4.53. The van der Waals surface area contributed by atoms with E-state index in [9.17, 15) is 0 Å². The SMILES string of the molecule is NC1=CCOc2nnc(-c3ccco3)c(-c3ccco3)c21. The molecule has 0 atom stereocenters. The minimum absolute atomic E-state index is 0.380. The molecule has 0 unspecified atom stereocenters. The first-order chi connectivity index (χ1) is 10.3. The van der Waals surface area contributed by atoms with Gasteiger partial charge in [0.05, 0.1) is 23.7 Å². The summed E-state index contributed by atoms with van der Waals surface area (Å²) in [5.74, 6) is 1.63. The van der Waals surface area contributed by atoms with Crippen LogP contribution in [0.4, 0.5) is 0 Å². The number of hydrogen-bond acceptors (Lipinski definition) is 6. The van der Waals surface area contributed by atoms with Crippen molar-refractivity contribution in [1.82, 2.24) is 10.2 Å². The Labute approximate surface area is 119 Å². The minimum atomic E-state index is 0.380. The van der Waals surface area contributed by atoms with Gasteiger partial charge in [-0.05, 0) is 30.3 Å². The Morgan fingerprint density at radius 2 is 1.71 bits per heavy atom. The molecule has 0 amide bonds. The van der Waals surface area contributed by atoms with Crippen LogP contribution in [-0.2, 0) is 0 Å². The molecule has 1 aliphatic heterocycles. The van der Waals surface area contributed by atoms with E-state index in [1.165, 1.54) is 0 Å². The van der Waals surface area contributed by atoms with Gasteiger partial charge in [-0.2, -0.15) is 0 Å². The van der Waals surface area contributed by atoms with Crippen molar-refractivity contribution >= 4 is 5.70 Å². The van der Waals surface area contributed by atoms with Gasteiger partial charge in [0, 0.05) is 5.70 Å². The second-order valence-electron chi connectivity index (χ2n) is 4.53. The Bertz CT molecular complexity index is 805. The average molecular weight is 281 g/mol. The fourth-order valence-electron chi connectivity index (χ4n) is 2.35. The molecule has 4 rings (SSSR count). The van der Waals surface area contributed by atoms with Gasteiger partial charge in [-0.25, -0.2) is 0 Å². The molecule has 0 aromatic carbocycles. The van der Waals surface area contributed by atoms with Crippen molar-refractivity contribution in [3.63, 3.8) is 0 Å². The smallest absolute Gasteiger partial charge is 0.243 e. The van der Waals surface area contributed by atoms with Crippen LogP contribution in [0.5, 0.6) is 5.88 Å². The zero-order valence-electron chi connectivity index (χ0n) is 10.9. The highest BCUT2D eigenvalue weighted by Gasteiger charge is 2.26. The maximum Gasteiger partial charge on any atom is 0.243 e. The fraction of sp³-hybridized carbons (Fsp3) is 0.0667. The minimum Gasteiger partial charge on any atom is -0.472 e. The molecule has 104 valence electrons. The van der Waals surface area contributed by atoms with Crippen molar-refractivity contribution in [3.8, 4) is 28.7 Å². The molecular formula is C15H11N3O3. The maximum atomic E-state index is 6.12. The lowest BCUT2D eigenvalue weighted by Gasteiger charge is -2.18. The van der Waals surface area contributed by atoms with Crippen LogP contribution in [0, 0.1) is 0 Å². The van der Waals surface area contributed by atoms with Crippen molar-refractivity contribution in [2.24, 2.45) is 5.73 Å². The highest BCUT2D eigenvalue weighted by Crippen LogP contribution is 2.40. The lowest BCUT2D eigenvalue weighted by atomic mass is 10.00. The highest BCUT2D eigenvalue weighted by molar-refractivity contribution is 5.88. The van der Waals surface area contributed by atoms with Crippen molar-refractivity contribution in [2.45, 2.75) is 0 Å². The summed E-state index contributed by atoms with van der Waals surface area (Å²) in [5.41, 5.74) is 8.66. The normalized spacial score (nSPS) is 13.4. The second kappa shape index (κ2) is 4.52. The third kappa shape index (κ3) is 1.80. The summed E-state index contributed by atoms with van der Waals surface area (Å²) < 4.78 is 16.5. The van der Waals surface area contributed by atoms with Crippen LogP contribution >= 0.6 is 0 Å². The van der Waals surface area contributed by atoms with Crippen LogP contribution in [0.25, 0.3) is 28.5 Å². The fourth-order valence-corrected chi connectivity index (χ4v) is 2.35. The lowest BCUT2D eigenvalue weighted by molar-refractivity contribution is 0.338. The summed E-state index contributed by atoms with van der Waals surface area (Å²) in [6.07, 6.45) is 4.97. The molecule has 0 saturated heterocycles. The van der Waals surface area contributed by atoms with Gasteiger partial charge in [0.15, 0.2) is 5.76 Å². The molecule has 0 aliphatic carbocycles. The van der Waals surface area contributed by atoms with E-state index in [2.05, 4.69) is 10.2 Å². The molecule has 1 aliphatic rings. The Hall–Kier alpha value is -3.02. The predicted molar refractivity (Wildman–Crippen MR) is 75.1 cm³/mol. The lowest BCUT2D eigenvalue weighted by Crippen LogP contribution is -2.14. The van der Waals surface area contributed by atoms with Crippen molar-refractivity contribution < 1.29 is 13.6 Å². The molecule has 0 bridgehead atoms. The molecule has 0 spiro atoms. The number of furan rings is 2. The Morgan fingerprint density at radius 3 is 2.43 bits per heavy atom. The number of ether oxygens (including phenoxy) is 1. The van der Waals surface area contributed by atoms with Gasteiger partial charge in [0.25, 0.3) is 0 Å². The molecule has 3 aromatic heterocycles. The molecule has 0 fully saturated rings. The largest absolute Gasteiger partial charge is 0.472 e. The highest BCUT2D eigenvalue weighted by atomic mass is 16.5. The van der Waals surface area contributed by atoms with Gasteiger partial charge in [-0.15, -0.1) is 10.2 Å². The van der Waals surface area contributed by atoms with Crippen LogP contribution in [0.1, 0.15) is 5.56 Å². The van der Waals surface area contributed by atoms with E-state index < -0.39 is 0 Å². The summed E-state index contributed by atoms with van der Waals surface area (Å²) in [6.45, 7) is 0.380. The summed E-state index contributed by atoms with van der Waals surface area (Å²) in [5, 5.41) is 8.31. The topological polar surface area (TPSA) is 87.3 Å². The van der Waals surface area contributed by atoms with E-state index in [0.29, 0.717) is 46.5 Å². The first-order valence-electron chi connectivity index (χ1n) is 6.42. The molecule has 3 aromatic rings. The van der Waals surface area contributed by atoms with Gasteiger partial charge in [-0.1, -0.05) is 0 Å². The monoisotopic (exact) mass is 281 g/mol. The number of aromatic nitrogens is 2. The molecule has 0 saturated carbocycles. The van der Waals surface area contributed by atoms with E-state index in [1.807, 2.05) is 12.1 Å². The van der Waals surface area contributed by atoms with Crippen LogP contribution in [-0.4, -0.2) is 16.8 Å². The van der Waals surface area contributed by atoms with E-state index in [-0.39, 0.29) is 0 Å². The molecule has 0 radical (unpaired) electrons. The molecular weight excluding hydrogens is 270 g/mol. The van der Waals surface area contributed by atoms with E-state index in [0.717, 1.165) is 0 Å². The maximum absolute atomic E-state index is 6.12. The van der Waals surface area contributed by atoms with Gasteiger partial charge in [-0.3, -0.25) is 0 Å². The number of nitrogens with two attached hydrogens (primary N) is 1. The van der Waals surface area contributed by atoms with Crippen LogP contribution < -0.4 is 10.5 Å². The number of hydrogen-bond donors (Lipinski definition) is 1. The predicted octanol–water partition coefficient (Wildman–Crippen LogP) is 2.69. The summed E-state index contributed by atoms with van der Waals surface area (Å²) in [6, 6.07) is 7.24. The van der Waals surface area contributed by atoms with E-state index in [4.69, 9.17) is 19.3 Å². The van der Waals surface area contributed by atoms with Crippen LogP contribution in [0.15, 0.2) is 51.7 Å². The molecule has 21 heavy (non-hydrogen) atoms.